The summed E-state index contributed by atoms with van der Waals surface area (Å²) in [6.45, 7) is -0.284. The van der Waals surface area contributed by atoms with E-state index in [9.17, 15) is 28.7 Å². The molecule has 1 aromatic rings. The third-order valence-electron chi connectivity index (χ3n) is 4.29. The number of aliphatic carboxylic acids is 1. The van der Waals surface area contributed by atoms with Crippen molar-refractivity contribution >= 4 is 57.7 Å². The van der Waals surface area contributed by atoms with Crippen LogP contribution >= 0.6 is 23.1 Å². The largest absolute Gasteiger partial charge is 1.00 e. The first-order valence-corrected chi connectivity index (χ1v) is 11.0. The number of carboxylic acids is 1. The van der Waals surface area contributed by atoms with Crippen molar-refractivity contribution < 1.29 is 69.2 Å². The SMILES string of the molecule is CC(=O)OCC1=C(C(=O)O)N2C(=O)[C@@H](NC(=O)/C(=N\OCCF)c3csc(N)n3)[C@H]2SC1.[H-].[Na+]. The number of nitrogens with two attached hydrogens (primary N) is 1. The molecule has 0 bridgehead atoms. The van der Waals surface area contributed by atoms with E-state index in [4.69, 9.17) is 15.3 Å². The molecule has 174 valence electrons. The van der Waals surface area contributed by atoms with Crippen LogP contribution < -0.4 is 40.6 Å². The Hall–Kier alpha value is -2.20. The Bertz CT molecular complexity index is 1020. The molecule has 3 heterocycles. The van der Waals surface area contributed by atoms with Crippen molar-refractivity contribution in [2.24, 2.45) is 5.16 Å². The number of β-lactam (4-membered cyclic amide) rings is 1. The number of ether oxygens (including phenoxy) is 1. The zero-order chi connectivity index (χ0) is 23.4. The summed E-state index contributed by atoms with van der Waals surface area (Å²) >= 11 is 2.25. The number of thioether (sulfide) groups is 1. The number of nitrogens with zero attached hydrogens (tertiary/aromatic N) is 3. The van der Waals surface area contributed by atoms with Gasteiger partial charge in [0, 0.05) is 23.6 Å². The van der Waals surface area contributed by atoms with Gasteiger partial charge in [-0.15, -0.1) is 23.1 Å². The van der Waals surface area contributed by atoms with Gasteiger partial charge in [0.25, 0.3) is 11.8 Å². The van der Waals surface area contributed by atoms with Gasteiger partial charge in [-0.2, -0.15) is 0 Å². The molecule has 1 saturated heterocycles. The number of alkyl halides is 1. The fraction of sp³-hybridized carbons (Fsp3) is 0.412. The summed E-state index contributed by atoms with van der Waals surface area (Å²) in [5.74, 6) is -3.23. The summed E-state index contributed by atoms with van der Waals surface area (Å²) in [5.41, 5.74) is 5.35. The van der Waals surface area contributed by atoms with Gasteiger partial charge in [0.15, 0.2) is 10.8 Å². The van der Waals surface area contributed by atoms with E-state index < -0.39 is 41.8 Å². The molecular weight excluding hydrogens is 492 g/mol. The Morgan fingerprint density at radius 2 is 2.21 bits per heavy atom. The van der Waals surface area contributed by atoms with Gasteiger partial charge in [0.1, 0.15) is 42.7 Å². The Kier molecular flexibility index (Phi) is 9.66. The summed E-state index contributed by atoms with van der Waals surface area (Å²) in [5, 5.41) is 16.6. The molecule has 2 atom stereocenters. The molecule has 0 aromatic carbocycles. The maximum Gasteiger partial charge on any atom is 1.00 e. The van der Waals surface area contributed by atoms with Gasteiger partial charge in [-0.1, -0.05) is 5.16 Å². The number of aromatic nitrogens is 1. The number of esters is 1. The number of anilines is 1. The molecule has 0 spiro atoms. The van der Waals surface area contributed by atoms with Crippen molar-refractivity contribution in [1.29, 1.82) is 0 Å². The number of carbonyl (C=O) groups excluding carboxylic acids is 3. The number of rotatable bonds is 9. The second-order valence-electron chi connectivity index (χ2n) is 6.43. The zero-order valence-electron chi connectivity index (χ0n) is 18.6. The van der Waals surface area contributed by atoms with E-state index in [0.717, 1.165) is 16.2 Å². The molecule has 16 heteroatoms. The molecule has 0 unspecified atom stereocenters. The standard InChI is InChI=1S/C17H18FN5O7S2.Na.H/c1-7(24)29-4-8-5-31-15-11(14(26)23(15)12(8)16(27)28)21-13(25)10(22-30-3-2-18)9-6-32-17(19)20-9;;/h6,11,15H,2-5H2,1H3,(H2,19,20)(H,21,25)(H,27,28);;/q;+1;-1/b22-10-;;/t11-,15-;;/m1../s1. The normalized spacial score (nSPS) is 19.8. The number of amides is 2. The Morgan fingerprint density at radius 3 is 2.79 bits per heavy atom. The topological polar surface area (TPSA) is 174 Å². The zero-order valence-corrected chi connectivity index (χ0v) is 21.2. The van der Waals surface area contributed by atoms with Crippen LogP contribution in [0.15, 0.2) is 21.8 Å². The van der Waals surface area contributed by atoms with Gasteiger partial charge in [0.05, 0.1) is 0 Å². The van der Waals surface area contributed by atoms with Crippen molar-refractivity contribution in [2.45, 2.75) is 18.3 Å². The molecule has 3 rings (SSSR count). The van der Waals surface area contributed by atoms with E-state index in [2.05, 4.69) is 15.5 Å². The number of hydrogen-bond acceptors (Lipinski definition) is 11. The predicted octanol–water partition coefficient (Wildman–Crippen LogP) is -3.17. The molecule has 0 radical (unpaired) electrons. The fourth-order valence-electron chi connectivity index (χ4n) is 2.94. The summed E-state index contributed by atoms with van der Waals surface area (Å²) < 4.78 is 17.2. The van der Waals surface area contributed by atoms with E-state index >= 15 is 0 Å². The number of oxime groups is 1. The van der Waals surface area contributed by atoms with Gasteiger partial charge in [0.2, 0.25) is 0 Å². The number of carbonyl (C=O) groups is 4. The average Bonchev–Trinajstić information content (AvgIpc) is 3.18. The Morgan fingerprint density at radius 1 is 1.48 bits per heavy atom. The van der Waals surface area contributed by atoms with Gasteiger partial charge in [-0.25, -0.2) is 14.2 Å². The predicted molar refractivity (Wildman–Crippen MR) is 112 cm³/mol. The number of nitrogens with one attached hydrogen (secondary N) is 1. The molecule has 1 fully saturated rings. The Balaban J connectivity index is 0.00000289. The van der Waals surface area contributed by atoms with Crippen molar-refractivity contribution in [1.82, 2.24) is 15.2 Å². The van der Waals surface area contributed by atoms with E-state index in [1.165, 1.54) is 24.1 Å². The van der Waals surface area contributed by atoms with Crippen LogP contribution in [0.2, 0.25) is 0 Å². The summed E-state index contributed by atoms with van der Waals surface area (Å²) in [7, 11) is 0. The van der Waals surface area contributed by atoms with Crippen LogP contribution in [0, 0.1) is 0 Å². The third kappa shape index (κ3) is 6.03. The first-order valence-electron chi connectivity index (χ1n) is 9.06. The summed E-state index contributed by atoms with van der Waals surface area (Å²) in [6, 6.07) is -1.04. The van der Waals surface area contributed by atoms with Crippen LogP contribution in [0.4, 0.5) is 9.52 Å². The van der Waals surface area contributed by atoms with Crippen LogP contribution in [-0.2, 0) is 28.8 Å². The number of halogens is 1. The molecule has 1 aromatic heterocycles. The van der Waals surface area contributed by atoms with Crippen molar-refractivity contribution in [2.75, 3.05) is 31.4 Å². The maximum atomic E-state index is 12.8. The smallest absolute Gasteiger partial charge is 1.00 e. The minimum absolute atomic E-state index is 0. The van der Waals surface area contributed by atoms with Crippen LogP contribution in [0.3, 0.4) is 0 Å². The first-order chi connectivity index (χ1) is 15.2. The fourth-order valence-corrected chi connectivity index (χ4v) is 4.81. The second kappa shape index (κ2) is 11.8. The molecule has 33 heavy (non-hydrogen) atoms. The molecule has 2 aliphatic heterocycles. The number of nitrogen functional groups attached to an aromatic ring is 1. The minimum Gasteiger partial charge on any atom is -1.00 e. The number of fused-ring (bicyclic) bond motifs is 1. The second-order valence-corrected chi connectivity index (χ2v) is 8.43. The summed E-state index contributed by atoms with van der Waals surface area (Å²) in [4.78, 5) is 58.0. The quantitative estimate of drug-likeness (QED) is 0.0767. The molecule has 2 amide bonds. The van der Waals surface area contributed by atoms with E-state index in [0.29, 0.717) is 0 Å². The van der Waals surface area contributed by atoms with Gasteiger partial charge < -0.3 is 27.2 Å². The van der Waals surface area contributed by atoms with Crippen molar-refractivity contribution in [3.8, 4) is 0 Å². The molecule has 2 aliphatic rings. The van der Waals surface area contributed by atoms with Crippen molar-refractivity contribution in [3.05, 3.63) is 22.3 Å². The minimum atomic E-state index is -1.35. The average molecular weight is 511 g/mol. The first kappa shape index (κ1) is 27.0. The summed E-state index contributed by atoms with van der Waals surface area (Å²) in [6.07, 6.45) is 0. The van der Waals surface area contributed by atoms with Gasteiger partial charge in [-0.05, 0) is 0 Å². The molecule has 4 N–H and O–H groups in total. The van der Waals surface area contributed by atoms with Gasteiger partial charge >= 0.3 is 41.5 Å². The molecule has 0 saturated carbocycles. The van der Waals surface area contributed by atoms with Crippen LogP contribution in [0.1, 0.15) is 14.0 Å². The number of carboxylic acid groups (broad SMARTS) is 1. The maximum absolute atomic E-state index is 12.8. The Labute approximate surface area is 218 Å². The number of hydrogen-bond donors (Lipinski definition) is 3. The van der Waals surface area contributed by atoms with E-state index in [1.54, 1.807) is 0 Å². The van der Waals surface area contributed by atoms with Crippen molar-refractivity contribution in [3.63, 3.8) is 0 Å². The van der Waals surface area contributed by atoms with E-state index in [1.807, 2.05) is 0 Å². The monoisotopic (exact) mass is 511 g/mol. The van der Waals surface area contributed by atoms with Crippen LogP contribution in [0.5, 0.6) is 0 Å². The number of thiazole rings is 1. The third-order valence-corrected chi connectivity index (χ3v) is 6.30. The van der Waals surface area contributed by atoms with Crippen LogP contribution in [-0.4, -0.2) is 81.5 Å². The van der Waals surface area contributed by atoms with E-state index in [-0.39, 0.29) is 77.8 Å². The van der Waals surface area contributed by atoms with Gasteiger partial charge in [-0.3, -0.25) is 19.3 Å². The van der Waals surface area contributed by atoms with Crippen LogP contribution in [0.25, 0.3) is 0 Å². The molecule has 12 nitrogen and oxygen atoms in total. The molecule has 0 aliphatic carbocycles. The molecular formula is C17H19FN5NaO7S2.